The highest BCUT2D eigenvalue weighted by Crippen LogP contribution is 2.40. The third-order valence-electron chi connectivity index (χ3n) is 3.52. The molecule has 0 aromatic rings. The van der Waals surface area contributed by atoms with E-state index in [4.69, 9.17) is 0 Å². The van der Waals surface area contributed by atoms with Crippen LogP contribution in [-0.2, 0) is 0 Å². The Hall–Kier alpha value is 0.310. The summed E-state index contributed by atoms with van der Waals surface area (Å²) in [6, 6.07) is 0.719. The van der Waals surface area contributed by atoms with E-state index >= 15 is 0 Å². The van der Waals surface area contributed by atoms with Crippen LogP contribution in [0.5, 0.6) is 0 Å². The van der Waals surface area contributed by atoms with Crippen molar-refractivity contribution in [2.45, 2.75) is 64.7 Å². The lowest BCUT2D eigenvalue weighted by Crippen LogP contribution is -2.51. The Labute approximate surface area is 99.8 Å². The summed E-state index contributed by atoms with van der Waals surface area (Å²) in [4.78, 5) is 0. The maximum absolute atomic E-state index is 3.78. The average molecular weight is 229 g/mol. The summed E-state index contributed by atoms with van der Waals surface area (Å²) in [5.74, 6) is 1.26. The smallest absolute Gasteiger partial charge is 0.0237 e. The van der Waals surface area contributed by atoms with Gasteiger partial charge in [-0.05, 0) is 37.0 Å². The lowest BCUT2D eigenvalue weighted by molar-refractivity contribution is 0.175. The summed E-state index contributed by atoms with van der Waals surface area (Å²) in [7, 11) is 0. The van der Waals surface area contributed by atoms with Gasteiger partial charge in [-0.15, -0.1) is 0 Å². The molecule has 0 amide bonds. The second-order valence-electron chi connectivity index (χ2n) is 5.31. The van der Waals surface area contributed by atoms with Gasteiger partial charge in [0.05, 0.1) is 0 Å². The topological polar surface area (TPSA) is 12.0 Å². The molecule has 2 atom stereocenters. The van der Waals surface area contributed by atoms with Gasteiger partial charge in [-0.2, -0.15) is 11.8 Å². The molecule has 1 aliphatic rings. The van der Waals surface area contributed by atoms with Crippen LogP contribution in [0.1, 0.15) is 53.4 Å². The van der Waals surface area contributed by atoms with Crippen molar-refractivity contribution in [1.82, 2.24) is 5.32 Å². The van der Waals surface area contributed by atoms with Crippen molar-refractivity contribution in [3.63, 3.8) is 0 Å². The maximum atomic E-state index is 3.78. The summed E-state index contributed by atoms with van der Waals surface area (Å²) in [6.07, 6.45) is 5.45. The van der Waals surface area contributed by atoms with Crippen LogP contribution in [0.3, 0.4) is 0 Å². The zero-order valence-corrected chi connectivity index (χ0v) is 11.6. The van der Waals surface area contributed by atoms with Crippen LogP contribution in [0.4, 0.5) is 0 Å². The molecular weight excluding hydrogens is 202 g/mol. The van der Waals surface area contributed by atoms with Gasteiger partial charge >= 0.3 is 0 Å². The molecule has 0 heterocycles. The van der Waals surface area contributed by atoms with Gasteiger partial charge < -0.3 is 5.32 Å². The highest BCUT2D eigenvalue weighted by molar-refractivity contribution is 7.99. The first-order chi connectivity index (χ1) is 7.11. The molecule has 1 saturated carbocycles. The third-order valence-corrected chi connectivity index (χ3v) is 4.79. The molecular formula is C13H27NS. The quantitative estimate of drug-likeness (QED) is 0.772. The SMILES string of the molecule is CCCNC1C(SCC)CCCC1(C)C. The molecule has 2 unspecified atom stereocenters. The molecule has 1 fully saturated rings. The van der Waals surface area contributed by atoms with Crippen LogP contribution >= 0.6 is 11.8 Å². The predicted molar refractivity (Wildman–Crippen MR) is 71.6 cm³/mol. The molecule has 2 heteroatoms. The van der Waals surface area contributed by atoms with Gasteiger partial charge in [0.2, 0.25) is 0 Å². The minimum Gasteiger partial charge on any atom is -0.312 e. The lowest BCUT2D eigenvalue weighted by Gasteiger charge is -2.44. The van der Waals surface area contributed by atoms with Gasteiger partial charge in [0.1, 0.15) is 0 Å². The first-order valence-electron chi connectivity index (χ1n) is 6.46. The van der Waals surface area contributed by atoms with E-state index in [-0.39, 0.29) is 0 Å². The van der Waals surface area contributed by atoms with E-state index in [2.05, 4.69) is 44.8 Å². The minimum absolute atomic E-state index is 0.486. The molecule has 1 aliphatic carbocycles. The summed E-state index contributed by atoms with van der Waals surface area (Å²) in [6.45, 7) is 10.6. The molecule has 0 aliphatic heterocycles. The zero-order valence-electron chi connectivity index (χ0n) is 10.8. The second-order valence-corrected chi connectivity index (χ2v) is 6.82. The summed E-state index contributed by atoms with van der Waals surface area (Å²) in [5.41, 5.74) is 0.486. The number of hydrogen-bond donors (Lipinski definition) is 1. The summed E-state index contributed by atoms with van der Waals surface area (Å²) < 4.78 is 0. The number of thioether (sulfide) groups is 1. The molecule has 0 aromatic carbocycles. The molecule has 90 valence electrons. The largest absolute Gasteiger partial charge is 0.312 e. The van der Waals surface area contributed by atoms with Crippen molar-refractivity contribution in [3.8, 4) is 0 Å². The molecule has 0 radical (unpaired) electrons. The number of nitrogens with one attached hydrogen (secondary N) is 1. The van der Waals surface area contributed by atoms with Gasteiger partial charge in [0.15, 0.2) is 0 Å². The van der Waals surface area contributed by atoms with E-state index in [0.29, 0.717) is 5.41 Å². The fourth-order valence-corrected chi connectivity index (χ4v) is 4.10. The Kier molecular flexibility index (Phi) is 5.48. The number of rotatable bonds is 5. The second kappa shape index (κ2) is 6.15. The first-order valence-corrected chi connectivity index (χ1v) is 7.51. The van der Waals surface area contributed by atoms with E-state index in [1.165, 1.54) is 38.0 Å². The zero-order chi connectivity index (χ0) is 11.3. The normalized spacial score (nSPS) is 30.4. The van der Waals surface area contributed by atoms with Gasteiger partial charge in [0, 0.05) is 11.3 Å². The first kappa shape index (κ1) is 13.4. The van der Waals surface area contributed by atoms with Gasteiger partial charge in [0.25, 0.3) is 0 Å². The molecule has 0 saturated heterocycles. The molecule has 1 rings (SSSR count). The van der Waals surface area contributed by atoms with Gasteiger partial charge in [-0.25, -0.2) is 0 Å². The summed E-state index contributed by atoms with van der Waals surface area (Å²) in [5, 5.41) is 4.61. The highest BCUT2D eigenvalue weighted by atomic mass is 32.2. The van der Waals surface area contributed by atoms with Crippen molar-refractivity contribution in [1.29, 1.82) is 0 Å². The third kappa shape index (κ3) is 3.67. The Bertz CT molecular complexity index is 177. The number of hydrogen-bond acceptors (Lipinski definition) is 2. The van der Waals surface area contributed by atoms with Gasteiger partial charge in [-0.3, -0.25) is 0 Å². The van der Waals surface area contributed by atoms with E-state index in [9.17, 15) is 0 Å². The Morgan fingerprint density at radius 2 is 2.07 bits per heavy atom. The molecule has 0 aromatic heterocycles. The summed E-state index contributed by atoms with van der Waals surface area (Å²) >= 11 is 2.15. The minimum atomic E-state index is 0.486. The van der Waals surface area contributed by atoms with Gasteiger partial charge in [-0.1, -0.05) is 34.1 Å². The van der Waals surface area contributed by atoms with Crippen LogP contribution in [0.2, 0.25) is 0 Å². The van der Waals surface area contributed by atoms with E-state index in [1.807, 2.05) is 0 Å². The van der Waals surface area contributed by atoms with Crippen LogP contribution in [0.25, 0.3) is 0 Å². The fourth-order valence-electron chi connectivity index (χ4n) is 2.69. The molecule has 0 spiro atoms. The maximum Gasteiger partial charge on any atom is 0.0237 e. The monoisotopic (exact) mass is 229 g/mol. The average Bonchev–Trinajstić information content (AvgIpc) is 2.16. The molecule has 0 bridgehead atoms. The van der Waals surface area contributed by atoms with Crippen LogP contribution in [0, 0.1) is 5.41 Å². The van der Waals surface area contributed by atoms with E-state index in [0.717, 1.165) is 11.3 Å². The van der Waals surface area contributed by atoms with Crippen molar-refractivity contribution in [3.05, 3.63) is 0 Å². The van der Waals surface area contributed by atoms with Crippen LogP contribution < -0.4 is 5.32 Å². The van der Waals surface area contributed by atoms with E-state index in [1.54, 1.807) is 0 Å². The fraction of sp³-hybridized carbons (Fsp3) is 1.00. The molecule has 15 heavy (non-hydrogen) atoms. The highest BCUT2D eigenvalue weighted by Gasteiger charge is 2.38. The van der Waals surface area contributed by atoms with Crippen molar-refractivity contribution >= 4 is 11.8 Å². The van der Waals surface area contributed by atoms with Crippen LogP contribution in [-0.4, -0.2) is 23.6 Å². The lowest BCUT2D eigenvalue weighted by atomic mass is 9.73. The predicted octanol–water partition coefficient (Wildman–Crippen LogP) is 3.69. The Morgan fingerprint density at radius 1 is 1.33 bits per heavy atom. The van der Waals surface area contributed by atoms with Crippen molar-refractivity contribution in [2.75, 3.05) is 12.3 Å². The van der Waals surface area contributed by atoms with E-state index < -0.39 is 0 Å². The Balaban J connectivity index is 2.59. The molecule has 1 nitrogen and oxygen atoms in total. The standard InChI is InChI=1S/C13H27NS/c1-5-10-14-12-11(15-6-2)8-7-9-13(12,3)4/h11-12,14H,5-10H2,1-4H3. The van der Waals surface area contributed by atoms with Crippen molar-refractivity contribution in [2.24, 2.45) is 5.41 Å². The molecule has 1 N–H and O–H groups in total. The Morgan fingerprint density at radius 3 is 2.67 bits per heavy atom. The van der Waals surface area contributed by atoms with Crippen molar-refractivity contribution < 1.29 is 0 Å². The van der Waals surface area contributed by atoms with Crippen LogP contribution in [0.15, 0.2) is 0 Å².